The predicted molar refractivity (Wildman–Crippen MR) is 59.0 cm³/mol. The number of nitriles is 1. The lowest BCUT2D eigenvalue weighted by atomic mass is 9.84. The topological polar surface area (TPSA) is 44.1 Å². The van der Waals surface area contributed by atoms with Gasteiger partial charge in [0.2, 0.25) is 0 Å². The fourth-order valence-electron chi connectivity index (χ4n) is 1.99. The van der Waals surface area contributed by atoms with Gasteiger partial charge in [0.05, 0.1) is 0 Å². The monoisotopic (exact) mass is 206 g/mol. The highest BCUT2D eigenvalue weighted by atomic mass is 16.1. The van der Waals surface area contributed by atoms with E-state index in [0.717, 1.165) is 25.7 Å². The number of rotatable bonds is 3. The molecule has 0 atom stereocenters. The van der Waals surface area contributed by atoms with Crippen LogP contribution in [0.3, 0.4) is 0 Å². The summed E-state index contributed by atoms with van der Waals surface area (Å²) in [5.74, 6) is 0.121. The fraction of sp³-hybridized carbons (Fsp3) is 0.667. The summed E-state index contributed by atoms with van der Waals surface area (Å²) in [5, 5.41) is 8.91. The first-order valence-electron chi connectivity index (χ1n) is 5.47. The molecule has 3 nitrogen and oxygen atoms in total. The molecule has 1 rings (SSSR count). The van der Waals surface area contributed by atoms with Gasteiger partial charge in [-0.15, -0.1) is 0 Å². The molecule has 0 aromatic heterocycles. The predicted octanol–water partition coefficient (Wildman–Crippen LogP) is 2.10. The van der Waals surface area contributed by atoms with Crippen LogP contribution in [0.4, 0.5) is 0 Å². The van der Waals surface area contributed by atoms with Crippen molar-refractivity contribution in [3.8, 4) is 6.07 Å². The molecule has 1 aliphatic rings. The van der Waals surface area contributed by atoms with E-state index in [1.165, 1.54) is 6.42 Å². The Labute approximate surface area is 91.4 Å². The Balaban J connectivity index is 2.68. The minimum absolute atomic E-state index is 0.0332. The van der Waals surface area contributed by atoms with Gasteiger partial charge >= 0.3 is 0 Å². The summed E-state index contributed by atoms with van der Waals surface area (Å²) in [6.45, 7) is 0. The Hall–Kier alpha value is -1.30. The minimum Gasteiger partial charge on any atom is -0.382 e. The van der Waals surface area contributed by atoms with E-state index in [4.69, 9.17) is 5.26 Å². The number of carbonyl (C=O) groups is 1. The van der Waals surface area contributed by atoms with Crippen molar-refractivity contribution in [1.82, 2.24) is 4.90 Å². The molecule has 1 saturated carbocycles. The van der Waals surface area contributed by atoms with Gasteiger partial charge in [-0.1, -0.05) is 19.3 Å². The summed E-state index contributed by atoms with van der Waals surface area (Å²) in [4.78, 5) is 13.7. The van der Waals surface area contributed by atoms with Crippen LogP contribution < -0.4 is 0 Å². The third-order valence-corrected chi connectivity index (χ3v) is 2.75. The van der Waals surface area contributed by atoms with Gasteiger partial charge in [-0.2, -0.15) is 5.26 Å². The maximum Gasteiger partial charge on any atom is 0.177 e. The zero-order valence-corrected chi connectivity index (χ0v) is 9.49. The van der Waals surface area contributed by atoms with Crippen molar-refractivity contribution in [2.45, 2.75) is 32.1 Å². The average molecular weight is 206 g/mol. The summed E-state index contributed by atoms with van der Waals surface area (Å²) >= 11 is 0. The summed E-state index contributed by atoms with van der Waals surface area (Å²) in [6, 6.07) is 2.00. The zero-order valence-electron chi connectivity index (χ0n) is 9.49. The smallest absolute Gasteiger partial charge is 0.177 e. The average Bonchev–Trinajstić information content (AvgIpc) is 2.26. The lowest BCUT2D eigenvalue weighted by molar-refractivity contribution is -0.119. The normalized spacial score (nSPS) is 18.3. The Morgan fingerprint density at radius 3 is 2.40 bits per heavy atom. The van der Waals surface area contributed by atoms with Crippen molar-refractivity contribution in [3.63, 3.8) is 0 Å². The molecule has 15 heavy (non-hydrogen) atoms. The van der Waals surface area contributed by atoms with Crippen molar-refractivity contribution in [1.29, 1.82) is 5.26 Å². The molecule has 0 heterocycles. The molecular weight excluding hydrogens is 188 g/mol. The molecule has 1 fully saturated rings. The first-order chi connectivity index (χ1) is 7.15. The van der Waals surface area contributed by atoms with Crippen molar-refractivity contribution in [2.75, 3.05) is 14.1 Å². The molecule has 0 N–H and O–H groups in total. The van der Waals surface area contributed by atoms with E-state index in [1.807, 2.05) is 20.2 Å². The molecule has 0 unspecified atom stereocenters. The van der Waals surface area contributed by atoms with Crippen LogP contribution in [0.5, 0.6) is 0 Å². The van der Waals surface area contributed by atoms with Gasteiger partial charge in [0.1, 0.15) is 11.6 Å². The third-order valence-electron chi connectivity index (χ3n) is 2.75. The van der Waals surface area contributed by atoms with Crippen LogP contribution in [0.15, 0.2) is 11.8 Å². The number of nitrogens with zero attached hydrogens (tertiary/aromatic N) is 2. The maximum absolute atomic E-state index is 11.9. The zero-order chi connectivity index (χ0) is 11.3. The molecule has 0 aromatic carbocycles. The molecule has 0 aromatic rings. The van der Waals surface area contributed by atoms with Gasteiger partial charge in [-0.25, -0.2) is 0 Å². The van der Waals surface area contributed by atoms with Crippen molar-refractivity contribution in [3.05, 3.63) is 11.8 Å². The van der Waals surface area contributed by atoms with Crippen molar-refractivity contribution in [2.24, 2.45) is 5.92 Å². The summed E-state index contributed by atoms with van der Waals surface area (Å²) in [5.41, 5.74) is 0.298. The highest BCUT2D eigenvalue weighted by Crippen LogP contribution is 2.26. The molecule has 82 valence electrons. The van der Waals surface area contributed by atoms with Crippen LogP contribution in [0.2, 0.25) is 0 Å². The Morgan fingerprint density at radius 1 is 1.33 bits per heavy atom. The van der Waals surface area contributed by atoms with Gasteiger partial charge in [0.25, 0.3) is 0 Å². The standard InChI is InChI=1S/C12H18N2O/c1-14(2)9-11(8-13)12(15)10-6-4-3-5-7-10/h9-10H,3-7H2,1-2H3/b11-9+. The van der Waals surface area contributed by atoms with Crippen LogP contribution in [0, 0.1) is 17.2 Å². The first-order valence-corrected chi connectivity index (χ1v) is 5.47. The molecular formula is C12H18N2O. The van der Waals surface area contributed by atoms with Gasteiger partial charge in [0, 0.05) is 26.2 Å². The summed E-state index contributed by atoms with van der Waals surface area (Å²) in [6.07, 6.45) is 6.99. The van der Waals surface area contributed by atoms with Crippen molar-refractivity contribution >= 4 is 5.78 Å². The van der Waals surface area contributed by atoms with E-state index < -0.39 is 0 Å². The number of hydrogen-bond acceptors (Lipinski definition) is 3. The molecule has 0 aliphatic heterocycles. The van der Waals surface area contributed by atoms with E-state index in [2.05, 4.69) is 0 Å². The minimum atomic E-state index is 0.0332. The number of allylic oxidation sites excluding steroid dienone is 1. The number of carbonyl (C=O) groups excluding carboxylic acids is 1. The number of hydrogen-bond donors (Lipinski definition) is 0. The molecule has 0 saturated heterocycles. The number of Topliss-reactive ketones (excluding diaryl/α,β-unsaturated/α-hetero) is 1. The highest BCUT2D eigenvalue weighted by Gasteiger charge is 2.24. The fourth-order valence-corrected chi connectivity index (χ4v) is 1.99. The summed E-state index contributed by atoms with van der Waals surface area (Å²) < 4.78 is 0. The lowest BCUT2D eigenvalue weighted by Crippen LogP contribution is -2.20. The van der Waals surface area contributed by atoms with Crippen LogP contribution >= 0.6 is 0 Å². The van der Waals surface area contributed by atoms with Crippen molar-refractivity contribution < 1.29 is 4.79 Å². The van der Waals surface area contributed by atoms with Crippen LogP contribution in [0.1, 0.15) is 32.1 Å². The lowest BCUT2D eigenvalue weighted by Gasteiger charge is -2.20. The Kier molecular flexibility index (Phi) is 4.36. The van der Waals surface area contributed by atoms with E-state index in [1.54, 1.807) is 11.1 Å². The second-order valence-electron chi connectivity index (χ2n) is 4.32. The first kappa shape index (κ1) is 11.8. The van der Waals surface area contributed by atoms with Gasteiger partial charge in [0.15, 0.2) is 5.78 Å². The van der Waals surface area contributed by atoms with Crippen LogP contribution in [-0.2, 0) is 4.79 Å². The molecule has 0 bridgehead atoms. The van der Waals surface area contributed by atoms with Gasteiger partial charge < -0.3 is 4.90 Å². The number of ketones is 1. The second kappa shape index (κ2) is 5.55. The van der Waals surface area contributed by atoms with Crippen LogP contribution in [-0.4, -0.2) is 24.8 Å². The van der Waals surface area contributed by atoms with Crippen LogP contribution in [0.25, 0.3) is 0 Å². The second-order valence-corrected chi connectivity index (χ2v) is 4.32. The van der Waals surface area contributed by atoms with Gasteiger partial charge in [-0.3, -0.25) is 4.79 Å². The molecule has 0 radical (unpaired) electrons. The van der Waals surface area contributed by atoms with E-state index >= 15 is 0 Å². The molecule has 0 spiro atoms. The molecule has 0 amide bonds. The van der Waals surface area contributed by atoms with Gasteiger partial charge in [-0.05, 0) is 12.8 Å². The maximum atomic E-state index is 11.9. The summed E-state index contributed by atoms with van der Waals surface area (Å²) in [7, 11) is 3.65. The van der Waals surface area contributed by atoms with E-state index in [0.29, 0.717) is 5.57 Å². The Bertz CT molecular complexity index is 293. The largest absolute Gasteiger partial charge is 0.382 e. The van der Waals surface area contributed by atoms with E-state index in [9.17, 15) is 4.79 Å². The Morgan fingerprint density at radius 2 is 1.93 bits per heavy atom. The SMILES string of the molecule is CN(C)/C=C(\C#N)C(=O)C1CCCCC1. The quantitative estimate of drug-likeness (QED) is 0.524. The molecule has 1 aliphatic carbocycles. The third kappa shape index (κ3) is 3.39. The highest BCUT2D eigenvalue weighted by molar-refractivity contribution is 6.00. The van der Waals surface area contributed by atoms with E-state index in [-0.39, 0.29) is 11.7 Å². The molecule has 3 heteroatoms.